The molecule has 2 aromatic rings. The molecule has 0 bridgehead atoms. The van der Waals surface area contributed by atoms with Gasteiger partial charge in [-0.3, -0.25) is 0 Å². The highest BCUT2D eigenvalue weighted by molar-refractivity contribution is 5.80. The summed E-state index contributed by atoms with van der Waals surface area (Å²) in [5, 5.41) is 19.5. The molecule has 23 heavy (non-hydrogen) atoms. The fraction of sp³-hybridized carbons (Fsp3) is 0.412. The molecular formula is C17H20FN4O. The third-order valence-corrected chi connectivity index (χ3v) is 4.25. The van der Waals surface area contributed by atoms with E-state index in [0.717, 1.165) is 37.2 Å². The number of aromatic nitrogens is 2. The van der Waals surface area contributed by atoms with Crippen LogP contribution in [-0.4, -0.2) is 29.3 Å². The van der Waals surface area contributed by atoms with Gasteiger partial charge in [-0.2, -0.15) is 10.2 Å². The van der Waals surface area contributed by atoms with Crippen molar-refractivity contribution in [3.8, 4) is 11.1 Å². The highest BCUT2D eigenvalue weighted by atomic mass is 19.1. The second kappa shape index (κ2) is 6.60. The first-order valence-electron chi connectivity index (χ1n) is 7.79. The smallest absolute Gasteiger partial charge is 0.127 e. The van der Waals surface area contributed by atoms with Gasteiger partial charge < -0.3 is 10.6 Å². The zero-order valence-electron chi connectivity index (χ0n) is 13.1. The predicted molar refractivity (Wildman–Crippen MR) is 86.0 cm³/mol. The molecule has 0 amide bonds. The van der Waals surface area contributed by atoms with Gasteiger partial charge in [-0.25, -0.2) is 9.50 Å². The van der Waals surface area contributed by atoms with E-state index in [4.69, 9.17) is 5.73 Å². The van der Waals surface area contributed by atoms with Gasteiger partial charge in [-0.1, -0.05) is 6.07 Å². The van der Waals surface area contributed by atoms with E-state index in [-0.39, 0.29) is 11.9 Å². The standard InChI is InChI=1S/C17H20FN4O/c1-11-6-12(8-13(18)7-11)17-15(10-23)21-20-9-16(17)22-4-2-14(19)3-5-22/h6-9,14H,2-5,10,19H2,1H3. The fourth-order valence-electron chi connectivity index (χ4n) is 3.09. The summed E-state index contributed by atoms with van der Waals surface area (Å²) in [6.45, 7) is 2.94. The maximum absolute atomic E-state index is 13.8. The Morgan fingerprint density at radius 1 is 1.30 bits per heavy atom. The number of hydrogen-bond donors (Lipinski definition) is 1. The van der Waals surface area contributed by atoms with E-state index in [0.29, 0.717) is 16.8 Å². The Balaban J connectivity index is 2.10. The van der Waals surface area contributed by atoms with Crippen LogP contribution in [0.2, 0.25) is 0 Å². The second-order valence-electron chi connectivity index (χ2n) is 6.04. The Labute approximate surface area is 135 Å². The van der Waals surface area contributed by atoms with Crippen LogP contribution in [-0.2, 0) is 11.7 Å². The molecule has 5 nitrogen and oxygen atoms in total. The van der Waals surface area contributed by atoms with E-state index in [9.17, 15) is 9.50 Å². The third kappa shape index (κ3) is 3.33. The second-order valence-corrected chi connectivity index (χ2v) is 6.04. The zero-order valence-corrected chi connectivity index (χ0v) is 13.1. The lowest BCUT2D eigenvalue weighted by molar-refractivity contribution is 0.173. The maximum atomic E-state index is 13.8. The lowest BCUT2D eigenvalue weighted by Gasteiger charge is -2.33. The topological polar surface area (TPSA) is 74.9 Å². The van der Waals surface area contributed by atoms with Crippen LogP contribution in [0.3, 0.4) is 0 Å². The summed E-state index contributed by atoms with van der Waals surface area (Å²) in [5.41, 5.74) is 9.32. The first kappa shape index (κ1) is 15.8. The van der Waals surface area contributed by atoms with Crippen LogP contribution in [0.1, 0.15) is 24.1 Å². The number of aryl methyl sites for hydroxylation is 1. The number of benzene rings is 1. The van der Waals surface area contributed by atoms with Crippen molar-refractivity contribution in [3.05, 3.63) is 41.5 Å². The van der Waals surface area contributed by atoms with E-state index in [1.807, 2.05) is 13.0 Å². The van der Waals surface area contributed by atoms with Crippen molar-refractivity contribution < 1.29 is 9.50 Å². The minimum absolute atomic E-state index is 0.208. The first-order chi connectivity index (χ1) is 11.1. The lowest BCUT2D eigenvalue weighted by atomic mass is 9.98. The van der Waals surface area contributed by atoms with Gasteiger partial charge in [0.15, 0.2) is 0 Å². The number of anilines is 1. The highest BCUT2D eigenvalue weighted by Gasteiger charge is 2.22. The Morgan fingerprint density at radius 2 is 2.04 bits per heavy atom. The summed E-state index contributed by atoms with van der Waals surface area (Å²) in [7, 11) is 0. The molecule has 0 unspecified atom stereocenters. The molecule has 1 aromatic carbocycles. The number of nitrogens with two attached hydrogens (primary N) is 1. The molecule has 1 aliphatic heterocycles. The molecule has 3 rings (SSSR count). The number of hydrogen-bond acceptors (Lipinski definition) is 4. The molecule has 0 aliphatic carbocycles. The van der Waals surface area contributed by atoms with Crippen molar-refractivity contribution in [2.24, 2.45) is 5.73 Å². The van der Waals surface area contributed by atoms with Crippen LogP contribution in [0.4, 0.5) is 10.1 Å². The normalized spacial score (nSPS) is 15.9. The number of halogens is 1. The quantitative estimate of drug-likeness (QED) is 0.944. The van der Waals surface area contributed by atoms with Crippen molar-refractivity contribution in [3.63, 3.8) is 0 Å². The SMILES string of the molecule is Cc1cc(F)cc(-c2c(N3CCC(N)CC3)cnnc2C[O])c1. The highest BCUT2D eigenvalue weighted by Crippen LogP contribution is 2.34. The molecule has 1 aromatic heterocycles. The monoisotopic (exact) mass is 315 g/mol. The molecule has 1 saturated heterocycles. The van der Waals surface area contributed by atoms with E-state index in [2.05, 4.69) is 15.1 Å². The summed E-state index contributed by atoms with van der Waals surface area (Å²) >= 11 is 0. The van der Waals surface area contributed by atoms with Gasteiger partial charge in [0.1, 0.15) is 18.1 Å². The minimum Gasteiger partial charge on any atom is -0.370 e. The van der Waals surface area contributed by atoms with Gasteiger partial charge >= 0.3 is 0 Å². The largest absolute Gasteiger partial charge is 0.370 e. The maximum Gasteiger partial charge on any atom is 0.127 e. The molecular weight excluding hydrogens is 295 g/mol. The summed E-state index contributed by atoms with van der Waals surface area (Å²) in [5.74, 6) is -0.319. The molecule has 1 fully saturated rings. The summed E-state index contributed by atoms with van der Waals surface area (Å²) in [4.78, 5) is 2.16. The summed E-state index contributed by atoms with van der Waals surface area (Å²) in [6, 6.07) is 5.00. The molecule has 121 valence electrons. The van der Waals surface area contributed by atoms with E-state index in [1.54, 1.807) is 6.20 Å². The zero-order chi connectivity index (χ0) is 16.4. The Morgan fingerprint density at radius 3 is 2.70 bits per heavy atom. The Hall–Kier alpha value is -2.05. The predicted octanol–water partition coefficient (Wildman–Crippen LogP) is 2.45. The average Bonchev–Trinajstić information content (AvgIpc) is 2.54. The number of nitrogens with zero attached hydrogens (tertiary/aromatic N) is 3. The number of rotatable bonds is 3. The minimum atomic E-state index is -0.487. The summed E-state index contributed by atoms with van der Waals surface area (Å²) < 4.78 is 13.8. The van der Waals surface area contributed by atoms with E-state index >= 15 is 0 Å². The van der Waals surface area contributed by atoms with E-state index < -0.39 is 6.61 Å². The van der Waals surface area contributed by atoms with Gasteiger partial charge in [0.25, 0.3) is 0 Å². The van der Waals surface area contributed by atoms with Crippen LogP contribution in [0.5, 0.6) is 0 Å². The van der Waals surface area contributed by atoms with Gasteiger partial charge in [-0.05, 0) is 43.0 Å². The van der Waals surface area contributed by atoms with Crippen LogP contribution in [0, 0.1) is 12.7 Å². The summed E-state index contributed by atoms with van der Waals surface area (Å²) in [6.07, 6.45) is 3.43. The van der Waals surface area contributed by atoms with Gasteiger partial charge in [-0.15, -0.1) is 0 Å². The number of piperidine rings is 1. The molecule has 0 saturated carbocycles. The molecule has 1 aliphatic rings. The molecule has 1 radical (unpaired) electrons. The van der Waals surface area contributed by atoms with Crippen LogP contribution in [0.15, 0.2) is 24.4 Å². The van der Waals surface area contributed by atoms with E-state index in [1.165, 1.54) is 12.1 Å². The van der Waals surface area contributed by atoms with Crippen molar-refractivity contribution in [2.45, 2.75) is 32.4 Å². The first-order valence-corrected chi connectivity index (χ1v) is 7.79. The van der Waals surface area contributed by atoms with Gasteiger partial charge in [0.05, 0.1) is 11.9 Å². The Kier molecular flexibility index (Phi) is 4.54. The van der Waals surface area contributed by atoms with Crippen molar-refractivity contribution >= 4 is 5.69 Å². The van der Waals surface area contributed by atoms with Crippen LogP contribution in [0.25, 0.3) is 11.1 Å². The third-order valence-electron chi connectivity index (χ3n) is 4.25. The fourth-order valence-corrected chi connectivity index (χ4v) is 3.09. The van der Waals surface area contributed by atoms with Crippen LogP contribution >= 0.6 is 0 Å². The van der Waals surface area contributed by atoms with Crippen molar-refractivity contribution in [2.75, 3.05) is 18.0 Å². The van der Waals surface area contributed by atoms with Crippen molar-refractivity contribution in [1.82, 2.24) is 10.2 Å². The van der Waals surface area contributed by atoms with Crippen LogP contribution < -0.4 is 10.6 Å². The lowest BCUT2D eigenvalue weighted by Crippen LogP contribution is -2.40. The molecule has 2 heterocycles. The van der Waals surface area contributed by atoms with Gasteiger partial charge in [0.2, 0.25) is 0 Å². The molecule has 2 N–H and O–H groups in total. The van der Waals surface area contributed by atoms with Gasteiger partial charge in [0, 0.05) is 24.7 Å². The van der Waals surface area contributed by atoms with Crippen molar-refractivity contribution in [1.29, 1.82) is 0 Å². The average molecular weight is 315 g/mol. The molecule has 0 atom stereocenters. The Bertz CT molecular complexity index is 679. The molecule has 6 heteroatoms. The molecule has 0 spiro atoms.